The van der Waals surface area contributed by atoms with Gasteiger partial charge in [0.1, 0.15) is 12.4 Å². The first-order chi connectivity index (χ1) is 12.3. The van der Waals surface area contributed by atoms with E-state index >= 15 is 0 Å². The van der Waals surface area contributed by atoms with Crippen molar-refractivity contribution in [2.45, 2.75) is 0 Å². The molecule has 4 rings (SSSR count). The second kappa shape index (κ2) is 7.33. The molecule has 1 aliphatic heterocycles. The maximum Gasteiger partial charge on any atom is 0.139 e. The summed E-state index contributed by atoms with van der Waals surface area (Å²) in [5.74, 6) is 0.727. The van der Waals surface area contributed by atoms with E-state index in [-0.39, 0.29) is 0 Å². The molecule has 5 nitrogen and oxygen atoms in total. The number of nitrogens with zero attached hydrogens (tertiary/aromatic N) is 3. The quantitative estimate of drug-likeness (QED) is 0.760. The van der Waals surface area contributed by atoms with Crippen LogP contribution in [0.4, 0.5) is 5.69 Å². The van der Waals surface area contributed by atoms with Gasteiger partial charge < -0.3 is 14.6 Å². The van der Waals surface area contributed by atoms with Crippen molar-refractivity contribution in [2.75, 3.05) is 44.2 Å². The third kappa shape index (κ3) is 3.72. The van der Waals surface area contributed by atoms with E-state index in [1.807, 2.05) is 6.20 Å². The molecule has 3 heterocycles. The van der Waals surface area contributed by atoms with Crippen LogP contribution in [0, 0.1) is 0 Å². The fraction of sp³-hybridized carbons (Fsp3) is 0.316. The van der Waals surface area contributed by atoms with Crippen molar-refractivity contribution in [1.29, 1.82) is 0 Å². The third-order valence-electron chi connectivity index (χ3n) is 4.64. The lowest BCUT2D eigenvalue weighted by Gasteiger charge is -2.36. The topological polar surface area (TPSA) is 44.4 Å². The monoisotopic (exact) mass is 356 g/mol. The zero-order valence-electron chi connectivity index (χ0n) is 14.0. The number of ether oxygens (including phenoxy) is 1. The Morgan fingerprint density at radius 2 is 2.00 bits per heavy atom. The zero-order chi connectivity index (χ0) is 17.1. The fourth-order valence-corrected chi connectivity index (χ4v) is 3.48. The Labute approximate surface area is 152 Å². The van der Waals surface area contributed by atoms with Crippen LogP contribution in [0.3, 0.4) is 0 Å². The highest BCUT2D eigenvalue weighted by Crippen LogP contribution is 2.26. The number of fused-ring (bicyclic) bond motifs is 1. The lowest BCUT2D eigenvalue weighted by Crippen LogP contribution is -2.47. The predicted octanol–water partition coefficient (Wildman–Crippen LogP) is 3.42. The number of pyridine rings is 1. The van der Waals surface area contributed by atoms with Crippen molar-refractivity contribution >= 4 is 28.2 Å². The molecule has 1 fully saturated rings. The van der Waals surface area contributed by atoms with Crippen LogP contribution in [0.15, 0.2) is 48.9 Å². The van der Waals surface area contributed by atoms with Crippen molar-refractivity contribution < 1.29 is 4.74 Å². The highest BCUT2D eigenvalue weighted by molar-refractivity contribution is 6.30. The highest BCUT2D eigenvalue weighted by atomic mass is 35.5. The summed E-state index contributed by atoms with van der Waals surface area (Å²) in [4.78, 5) is 12.2. The van der Waals surface area contributed by atoms with Crippen molar-refractivity contribution in [3.63, 3.8) is 0 Å². The van der Waals surface area contributed by atoms with Crippen LogP contribution in [-0.2, 0) is 0 Å². The summed E-state index contributed by atoms with van der Waals surface area (Å²) in [7, 11) is 0. The first-order valence-electron chi connectivity index (χ1n) is 8.56. The van der Waals surface area contributed by atoms with E-state index in [1.165, 1.54) is 16.6 Å². The molecule has 0 unspecified atom stereocenters. The first kappa shape index (κ1) is 16.2. The van der Waals surface area contributed by atoms with Gasteiger partial charge in [-0.1, -0.05) is 17.7 Å². The molecule has 2 aromatic heterocycles. The molecule has 0 spiro atoms. The van der Waals surface area contributed by atoms with E-state index in [9.17, 15) is 0 Å². The van der Waals surface area contributed by atoms with Crippen LogP contribution in [0.5, 0.6) is 5.75 Å². The van der Waals surface area contributed by atoms with Crippen LogP contribution in [0.2, 0.25) is 5.02 Å². The van der Waals surface area contributed by atoms with E-state index in [4.69, 9.17) is 16.3 Å². The number of rotatable bonds is 5. The molecule has 130 valence electrons. The molecular weight excluding hydrogens is 336 g/mol. The van der Waals surface area contributed by atoms with Crippen molar-refractivity contribution in [3.8, 4) is 5.75 Å². The molecule has 3 aromatic rings. The van der Waals surface area contributed by atoms with Gasteiger partial charge in [-0.3, -0.25) is 9.88 Å². The van der Waals surface area contributed by atoms with E-state index in [1.54, 1.807) is 18.5 Å². The summed E-state index contributed by atoms with van der Waals surface area (Å²) in [6.07, 6.45) is 5.31. The van der Waals surface area contributed by atoms with Crippen LogP contribution >= 0.6 is 11.6 Å². The van der Waals surface area contributed by atoms with E-state index in [2.05, 4.69) is 44.0 Å². The van der Waals surface area contributed by atoms with E-state index < -0.39 is 0 Å². The van der Waals surface area contributed by atoms with Gasteiger partial charge in [-0.15, -0.1) is 0 Å². The van der Waals surface area contributed by atoms with Gasteiger partial charge in [-0.2, -0.15) is 0 Å². The summed E-state index contributed by atoms with van der Waals surface area (Å²) in [5, 5.41) is 1.90. The Hall–Kier alpha value is -2.24. The second-order valence-electron chi connectivity index (χ2n) is 6.23. The minimum absolute atomic E-state index is 0.602. The summed E-state index contributed by atoms with van der Waals surface area (Å²) in [6, 6.07) is 10.4. The Kier molecular flexibility index (Phi) is 4.76. The van der Waals surface area contributed by atoms with Gasteiger partial charge in [-0.25, -0.2) is 0 Å². The third-order valence-corrected chi connectivity index (χ3v) is 4.85. The van der Waals surface area contributed by atoms with Crippen LogP contribution in [0.1, 0.15) is 0 Å². The molecule has 0 amide bonds. The van der Waals surface area contributed by atoms with Gasteiger partial charge in [0.25, 0.3) is 0 Å². The lowest BCUT2D eigenvalue weighted by atomic mass is 10.1. The number of aromatic amines is 1. The fourth-order valence-electron chi connectivity index (χ4n) is 3.32. The molecule has 0 bridgehead atoms. The maximum atomic E-state index is 5.92. The largest absolute Gasteiger partial charge is 0.491 e. The molecule has 0 radical (unpaired) electrons. The van der Waals surface area contributed by atoms with Crippen LogP contribution in [0.25, 0.3) is 10.9 Å². The summed E-state index contributed by atoms with van der Waals surface area (Å²) < 4.78 is 5.74. The number of piperazine rings is 1. The minimum Gasteiger partial charge on any atom is -0.491 e. The Morgan fingerprint density at radius 1 is 1.12 bits per heavy atom. The van der Waals surface area contributed by atoms with Gasteiger partial charge in [-0.05, 0) is 18.2 Å². The normalized spacial score (nSPS) is 15.6. The SMILES string of the molecule is Clc1cncc(OCCN2CCN(c3cccc4[nH]ccc34)CC2)c1. The number of aromatic nitrogens is 2. The Balaban J connectivity index is 1.29. The Bertz CT molecular complexity index is 842. The standard InChI is InChI=1S/C19H21ClN4O/c20-15-12-16(14-21-13-15)25-11-10-23-6-8-24(9-7-23)19-3-1-2-18-17(19)4-5-22-18/h1-5,12-14,22H,6-11H2. The molecule has 0 atom stereocenters. The van der Waals surface area contributed by atoms with Crippen LogP contribution in [-0.4, -0.2) is 54.2 Å². The van der Waals surface area contributed by atoms with Gasteiger partial charge in [0.15, 0.2) is 0 Å². The van der Waals surface area contributed by atoms with Crippen molar-refractivity contribution in [3.05, 3.63) is 53.9 Å². The first-order valence-corrected chi connectivity index (χ1v) is 8.94. The molecule has 1 saturated heterocycles. The highest BCUT2D eigenvalue weighted by Gasteiger charge is 2.18. The smallest absolute Gasteiger partial charge is 0.139 e. The number of H-pyrrole nitrogens is 1. The van der Waals surface area contributed by atoms with Crippen LogP contribution < -0.4 is 9.64 Å². The number of hydrogen-bond donors (Lipinski definition) is 1. The number of hydrogen-bond acceptors (Lipinski definition) is 4. The van der Waals surface area contributed by atoms with E-state index in [0.717, 1.165) is 38.5 Å². The molecule has 25 heavy (non-hydrogen) atoms. The average Bonchev–Trinajstić information content (AvgIpc) is 3.11. The zero-order valence-corrected chi connectivity index (χ0v) is 14.7. The van der Waals surface area contributed by atoms with E-state index in [0.29, 0.717) is 11.6 Å². The molecular formula is C19H21ClN4O. The van der Waals surface area contributed by atoms with Crippen molar-refractivity contribution in [2.24, 2.45) is 0 Å². The molecule has 6 heteroatoms. The van der Waals surface area contributed by atoms with Gasteiger partial charge in [0.2, 0.25) is 0 Å². The summed E-state index contributed by atoms with van der Waals surface area (Å²) in [6.45, 7) is 5.70. The molecule has 0 aliphatic carbocycles. The lowest BCUT2D eigenvalue weighted by molar-refractivity contribution is 0.200. The van der Waals surface area contributed by atoms with Gasteiger partial charge >= 0.3 is 0 Å². The number of nitrogens with one attached hydrogen (secondary N) is 1. The maximum absolute atomic E-state index is 5.92. The Morgan fingerprint density at radius 3 is 2.84 bits per heavy atom. The van der Waals surface area contributed by atoms with Crippen molar-refractivity contribution in [1.82, 2.24) is 14.9 Å². The second-order valence-corrected chi connectivity index (χ2v) is 6.67. The molecule has 1 aliphatic rings. The van der Waals surface area contributed by atoms with Gasteiger partial charge in [0, 0.05) is 67.8 Å². The summed E-state index contributed by atoms with van der Waals surface area (Å²) in [5.41, 5.74) is 2.52. The average molecular weight is 357 g/mol. The molecule has 1 aromatic carbocycles. The number of halogens is 1. The van der Waals surface area contributed by atoms with Gasteiger partial charge in [0.05, 0.1) is 11.2 Å². The predicted molar refractivity (Wildman–Crippen MR) is 102 cm³/mol. The minimum atomic E-state index is 0.602. The molecule has 1 N–H and O–H groups in total. The number of anilines is 1. The molecule has 0 saturated carbocycles. The summed E-state index contributed by atoms with van der Waals surface area (Å²) >= 11 is 5.92. The number of benzene rings is 1.